The van der Waals surface area contributed by atoms with E-state index in [1.165, 1.54) is 0 Å². The van der Waals surface area contributed by atoms with Gasteiger partial charge in [-0.05, 0) is 68.3 Å². The topological polar surface area (TPSA) is 57.8 Å². The standard InChI is InChI=1S/C23H18Cl3N3O/c1-13-5-4-6-21(26)22(13)28-23(30)17(12-27)8-16-7-14(2)29(15(16)3)20-10-18(24)9-19(25)11-20/h4-11H,1-3H3,(H,28,30)/b17-8+. The minimum atomic E-state index is -0.524. The number of aryl methyl sites for hydroxylation is 2. The van der Waals surface area contributed by atoms with Crippen LogP contribution in [0.25, 0.3) is 11.8 Å². The Balaban J connectivity index is 1.99. The highest BCUT2D eigenvalue weighted by atomic mass is 35.5. The van der Waals surface area contributed by atoms with Gasteiger partial charge in [-0.15, -0.1) is 0 Å². The summed E-state index contributed by atoms with van der Waals surface area (Å²) >= 11 is 18.5. The van der Waals surface area contributed by atoms with E-state index >= 15 is 0 Å². The number of hydrogen-bond acceptors (Lipinski definition) is 2. The van der Waals surface area contributed by atoms with Gasteiger partial charge in [-0.2, -0.15) is 5.26 Å². The first kappa shape index (κ1) is 22.0. The molecule has 0 unspecified atom stereocenters. The van der Waals surface area contributed by atoms with Crippen molar-refractivity contribution in [2.24, 2.45) is 0 Å². The van der Waals surface area contributed by atoms with Gasteiger partial charge in [0.25, 0.3) is 5.91 Å². The molecule has 1 N–H and O–H groups in total. The fraction of sp³-hybridized carbons (Fsp3) is 0.130. The van der Waals surface area contributed by atoms with Crippen molar-refractivity contribution >= 4 is 52.5 Å². The van der Waals surface area contributed by atoms with Crippen LogP contribution in [0.15, 0.2) is 48.0 Å². The number of carbonyl (C=O) groups excluding carboxylic acids is 1. The number of carbonyl (C=O) groups is 1. The molecule has 0 bridgehead atoms. The number of amides is 1. The molecular formula is C23H18Cl3N3O. The fourth-order valence-electron chi connectivity index (χ4n) is 3.27. The van der Waals surface area contributed by atoms with Crippen molar-refractivity contribution in [2.75, 3.05) is 5.32 Å². The quantitative estimate of drug-likeness (QED) is 0.341. The number of nitriles is 1. The van der Waals surface area contributed by atoms with Crippen LogP contribution in [0.2, 0.25) is 15.1 Å². The van der Waals surface area contributed by atoms with Gasteiger partial charge in [0.05, 0.1) is 10.7 Å². The zero-order chi connectivity index (χ0) is 22.0. The highest BCUT2D eigenvalue weighted by molar-refractivity contribution is 6.35. The third kappa shape index (κ3) is 4.55. The van der Waals surface area contributed by atoms with Crippen LogP contribution >= 0.6 is 34.8 Å². The summed E-state index contributed by atoms with van der Waals surface area (Å²) in [6.07, 6.45) is 1.56. The first-order chi connectivity index (χ1) is 14.2. The maximum atomic E-state index is 12.7. The van der Waals surface area contributed by atoms with E-state index in [0.717, 1.165) is 28.2 Å². The lowest BCUT2D eigenvalue weighted by Gasteiger charge is -2.11. The maximum absolute atomic E-state index is 12.7. The van der Waals surface area contributed by atoms with Crippen molar-refractivity contribution in [3.8, 4) is 11.8 Å². The molecule has 7 heteroatoms. The van der Waals surface area contributed by atoms with Crippen LogP contribution in [-0.2, 0) is 4.79 Å². The normalized spacial score (nSPS) is 11.3. The zero-order valence-electron chi connectivity index (χ0n) is 16.6. The van der Waals surface area contributed by atoms with E-state index in [1.54, 1.807) is 36.4 Å². The Bertz CT molecular complexity index is 1180. The van der Waals surface area contributed by atoms with Gasteiger partial charge in [-0.3, -0.25) is 4.79 Å². The van der Waals surface area contributed by atoms with Crippen LogP contribution in [-0.4, -0.2) is 10.5 Å². The molecule has 0 fully saturated rings. The molecule has 0 atom stereocenters. The van der Waals surface area contributed by atoms with Gasteiger partial charge < -0.3 is 9.88 Å². The summed E-state index contributed by atoms with van der Waals surface area (Å²) in [5.41, 5.74) is 4.58. The Labute approximate surface area is 190 Å². The molecule has 30 heavy (non-hydrogen) atoms. The van der Waals surface area contributed by atoms with Gasteiger partial charge in [0.15, 0.2) is 0 Å². The molecule has 0 saturated heterocycles. The van der Waals surface area contributed by atoms with Gasteiger partial charge in [-0.25, -0.2) is 0 Å². The summed E-state index contributed by atoms with van der Waals surface area (Å²) < 4.78 is 1.97. The Morgan fingerprint density at radius 3 is 2.33 bits per heavy atom. The van der Waals surface area contributed by atoms with Crippen molar-refractivity contribution in [1.29, 1.82) is 5.26 Å². The van der Waals surface area contributed by atoms with Crippen LogP contribution in [0, 0.1) is 32.1 Å². The van der Waals surface area contributed by atoms with Gasteiger partial charge in [0, 0.05) is 27.1 Å². The monoisotopic (exact) mass is 457 g/mol. The van der Waals surface area contributed by atoms with E-state index in [4.69, 9.17) is 34.8 Å². The first-order valence-corrected chi connectivity index (χ1v) is 10.2. The molecule has 0 aliphatic rings. The Hall–Kier alpha value is -2.71. The van der Waals surface area contributed by atoms with Crippen LogP contribution in [0.1, 0.15) is 22.5 Å². The van der Waals surface area contributed by atoms with Gasteiger partial charge in [0.2, 0.25) is 0 Å². The van der Waals surface area contributed by atoms with Crippen LogP contribution < -0.4 is 5.32 Å². The second-order valence-corrected chi connectivity index (χ2v) is 8.13. The molecule has 3 rings (SSSR count). The third-order valence-electron chi connectivity index (χ3n) is 4.70. The number of halogens is 3. The molecule has 0 aliphatic carbocycles. The summed E-state index contributed by atoms with van der Waals surface area (Å²) in [6.45, 7) is 5.66. The average Bonchev–Trinajstić information content (AvgIpc) is 2.95. The van der Waals surface area contributed by atoms with Crippen molar-refractivity contribution in [3.05, 3.63) is 85.6 Å². The largest absolute Gasteiger partial charge is 0.320 e. The molecule has 0 aliphatic heterocycles. The number of anilines is 1. The summed E-state index contributed by atoms with van der Waals surface area (Å²) in [4.78, 5) is 12.7. The summed E-state index contributed by atoms with van der Waals surface area (Å²) in [6, 6.07) is 14.5. The molecule has 0 saturated carbocycles. The van der Waals surface area contributed by atoms with Gasteiger partial charge in [0.1, 0.15) is 11.6 Å². The predicted octanol–water partition coefficient (Wildman–Crippen LogP) is 6.91. The maximum Gasteiger partial charge on any atom is 0.266 e. The van der Waals surface area contributed by atoms with Crippen molar-refractivity contribution in [3.63, 3.8) is 0 Å². The lowest BCUT2D eigenvalue weighted by molar-refractivity contribution is -0.112. The van der Waals surface area contributed by atoms with E-state index in [9.17, 15) is 10.1 Å². The molecule has 152 valence electrons. The molecule has 1 aromatic heterocycles. The van der Waals surface area contributed by atoms with E-state index in [1.807, 2.05) is 43.5 Å². The smallest absolute Gasteiger partial charge is 0.266 e. The lowest BCUT2D eigenvalue weighted by atomic mass is 10.1. The number of nitrogens with one attached hydrogen (secondary N) is 1. The zero-order valence-corrected chi connectivity index (χ0v) is 18.8. The molecule has 0 spiro atoms. The van der Waals surface area contributed by atoms with Crippen molar-refractivity contribution in [1.82, 2.24) is 4.57 Å². The first-order valence-electron chi connectivity index (χ1n) is 9.05. The molecule has 1 heterocycles. The number of hydrogen-bond donors (Lipinski definition) is 1. The Morgan fingerprint density at radius 1 is 1.07 bits per heavy atom. The van der Waals surface area contributed by atoms with Gasteiger partial charge >= 0.3 is 0 Å². The van der Waals surface area contributed by atoms with E-state index in [-0.39, 0.29) is 5.57 Å². The minimum absolute atomic E-state index is 0.0290. The second-order valence-electron chi connectivity index (χ2n) is 6.85. The summed E-state index contributed by atoms with van der Waals surface area (Å²) in [5.74, 6) is -0.524. The molecule has 4 nitrogen and oxygen atoms in total. The lowest BCUT2D eigenvalue weighted by Crippen LogP contribution is -2.14. The second kappa shape index (κ2) is 8.97. The van der Waals surface area contributed by atoms with Crippen LogP contribution in [0.4, 0.5) is 5.69 Å². The number of para-hydroxylation sites is 1. The molecule has 2 aromatic carbocycles. The Kier molecular flexibility index (Phi) is 6.58. The van der Waals surface area contributed by atoms with Crippen molar-refractivity contribution in [2.45, 2.75) is 20.8 Å². The van der Waals surface area contributed by atoms with Crippen LogP contribution in [0.3, 0.4) is 0 Å². The SMILES string of the molecule is Cc1cccc(Cl)c1NC(=O)/C(C#N)=C/c1cc(C)n(-c2cc(Cl)cc(Cl)c2)c1C. The highest BCUT2D eigenvalue weighted by Crippen LogP contribution is 2.28. The third-order valence-corrected chi connectivity index (χ3v) is 5.45. The van der Waals surface area contributed by atoms with E-state index in [2.05, 4.69) is 5.32 Å². The predicted molar refractivity (Wildman–Crippen MR) is 124 cm³/mol. The molecular weight excluding hydrogens is 441 g/mol. The summed E-state index contributed by atoms with van der Waals surface area (Å²) in [7, 11) is 0. The molecule has 3 aromatic rings. The fourth-order valence-corrected chi connectivity index (χ4v) is 4.06. The van der Waals surface area contributed by atoms with Crippen LogP contribution in [0.5, 0.6) is 0 Å². The summed E-state index contributed by atoms with van der Waals surface area (Å²) in [5, 5.41) is 13.8. The minimum Gasteiger partial charge on any atom is -0.320 e. The van der Waals surface area contributed by atoms with Gasteiger partial charge in [-0.1, -0.05) is 46.9 Å². The van der Waals surface area contributed by atoms with Crippen molar-refractivity contribution < 1.29 is 4.79 Å². The number of aromatic nitrogens is 1. The Morgan fingerprint density at radius 2 is 1.73 bits per heavy atom. The highest BCUT2D eigenvalue weighted by Gasteiger charge is 2.16. The number of nitrogens with zero attached hydrogens (tertiary/aromatic N) is 2. The molecule has 1 amide bonds. The van der Waals surface area contributed by atoms with E-state index < -0.39 is 5.91 Å². The average molecular weight is 459 g/mol. The van der Waals surface area contributed by atoms with E-state index in [0.29, 0.717) is 20.8 Å². The molecule has 0 radical (unpaired) electrons. The number of rotatable bonds is 4. The number of benzene rings is 2.